The van der Waals surface area contributed by atoms with Gasteiger partial charge in [-0.15, -0.1) is 11.6 Å². The molecule has 15 heavy (non-hydrogen) atoms. The second-order valence-corrected chi connectivity index (χ2v) is 3.55. The summed E-state index contributed by atoms with van der Waals surface area (Å²) in [6.07, 6.45) is 0. The highest BCUT2D eigenvalue weighted by molar-refractivity contribution is 6.61. The van der Waals surface area contributed by atoms with Gasteiger partial charge in [0.1, 0.15) is 23.5 Å². The summed E-state index contributed by atoms with van der Waals surface area (Å²) in [7, 11) is 16.7. The smallest absolute Gasteiger partial charge is 0.179 e. The monoisotopic (exact) mass is 233 g/mol. The van der Waals surface area contributed by atoms with Gasteiger partial charge in [-0.3, -0.25) is 4.79 Å². The highest BCUT2D eigenvalue weighted by Gasteiger charge is 2.17. The normalized spacial score (nSPS) is 10.3. The largest absolute Gasteiger partial charge is 0.399 e. The summed E-state index contributed by atoms with van der Waals surface area (Å²) < 4.78 is 0. The van der Waals surface area contributed by atoms with Crippen molar-refractivity contribution in [3.05, 3.63) is 10.6 Å². The summed E-state index contributed by atoms with van der Waals surface area (Å²) >= 11 is 11.2. The molecule has 0 aliphatic rings. The van der Waals surface area contributed by atoms with Crippen LogP contribution in [0.1, 0.15) is 10.4 Å². The number of carbonyl (C=O) groups is 1. The fraction of sp³-hybridized carbons (Fsp3) is 0.125. The fourth-order valence-electron chi connectivity index (χ4n) is 1.16. The number of alkyl halides is 1. The lowest BCUT2D eigenvalue weighted by Gasteiger charge is -2.16. The Morgan fingerprint density at radius 3 is 2.20 bits per heavy atom. The van der Waals surface area contributed by atoms with E-state index in [0.29, 0.717) is 0 Å². The zero-order valence-electron chi connectivity index (χ0n) is 7.68. The van der Waals surface area contributed by atoms with Gasteiger partial charge in [0.15, 0.2) is 5.78 Å². The molecule has 2 N–H and O–H groups in total. The van der Waals surface area contributed by atoms with Crippen molar-refractivity contribution in [2.75, 3.05) is 11.6 Å². The summed E-state index contributed by atoms with van der Waals surface area (Å²) in [5.41, 5.74) is 5.74. The minimum atomic E-state index is -0.443. The van der Waals surface area contributed by atoms with Crippen molar-refractivity contribution in [1.29, 1.82) is 0 Å². The number of benzene rings is 1. The van der Waals surface area contributed by atoms with Crippen molar-refractivity contribution in [3.63, 3.8) is 0 Å². The molecule has 0 bridgehead atoms. The summed E-state index contributed by atoms with van der Waals surface area (Å²) in [4.78, 5) is 11.4. The number of carbonyl (C=O) groups excluding carboxylic acids is 1. The van der Waals surface area contributed by atoms with Gasteiger partial charge in [-0.1, -0.05) is 28.0 Å². The number of nitrogens with two attached hydrogens (primary N) is 1. The van der Waals surface area contributed by atoms with Gasteiger partial charge in [0.25, 0.3) is 0 Å². The number of halogens is 2. The molecule has 0 unspecified atom stereocenters. The quantitative estimate of drug-likeness (QED) is 0.299. The first-order chi connectivity index (χ1) is 6.91. The van der Waals surface area contributed by atoms with Crippen LogP contribution >= 0.6 is 23.2 Å². The lowest BCUT2D eigenvalue weighted by atomic mass is 9.72. The molecular formula is C8H4B3Cl2NO. The molecule has 0 amide bonds. The standard InChI is InChI=1S/C8H4B3Cl2NO/c9-4-3(2(15)1-12)8(14)6(11)7(13)5(4)10/h1,14H2. The lowest BCUT2D eigenvalue weighted by Crippen LogP contribution is -2.39. The number of hydrogen-bond donors (Lipinski definition) is 1. The third-order valence-electron chi connectivity index (χ3n) is 1.99. The maximum absolute atomic E-state index is 11.4. The third kappa shape index (κ3) is 2.04. The molecule has 0 spiro atoms. The van der Waals surface area contributed by atoms with E-state index in [4.69, 9.17) is 52.5 Å². The lowest BCUT2D eigenvalue weighted by molar-refractivity contribution is 0.102. The third-order valence-corrected chi connectivity index (χ3v) is 2.64. The number of Topliss-reactive ketones (excluding diaryl/α,β-unsaturated/α-hetero) is 1. The average molecular weight is 233 g/mol. The molecule has 6 radical (unpaired) electrons. The summed E-state index contributed by atoms with van der Waals surface area (Å²) in [5.74, 6) is -0.698. The van der Waals surface area contributed by atoms with Gasteiger partial charge in [-0.2, -0.15) is 0 Å². The Balaban J connectivity index is 3.60. The van der Waals surface area contributed by atoms with Crippen LogP contribution in [0.25, 0.3) is 0 Å². The Kier molecular flexibility index (Phi) is 3.79. The number of ketones is 1. The molecule has 0 aliphatic heterocycles. The molecule has 0 aliphatic carbocycles. The van der Waals surface area contributed by atoms with Crippen LogP contribution in [0.4, 0.5) is 5.69 Å². The van der Waals surface area contributed by atoms with E-state index in [0.717, 1.165) is 0 Å². The van der Waals surface area contributed by atoms with Crippen molar-refractivity contribution in [2.45, 2.75) is 0 Å². The predicted octanol–water partition coefficient (Wildman–Crippen LogP) is -1.27. The van der Waals surface area contributed by atoms with Gasteiger partial charge in [-0.25, -0.2) is 0 Å². The molecule has 1 aromatic rings. The van der Waals surface area contributed by atoms with Crippen LogP contribution in [-0.2, 0) is 0 Å². The summed E-state index contributed by atoms with van der Waals surface area (Å²) in [6, 6.07) is 0. The van der Waals surface area contributed by atoms with Crippen LogP contribution < -0.4 is 22.1 Å². The maximum atomic E-state index is 11.4. The van der Waals surface area contributed by atoms with Gasteiger partial charge in [0.2, 0.25) is 0 Å². The predicted molar refractivity (Wildman–Crippen MR) is 67.1 cm³/mol. The second kappa shape index (κ2) is 4.54. The van der Waals surface area contributed by atoms with Crippen LogP contribution in [-0.4, -0.2) is 35.2 Å². The zero-order valence-corrected chi connectivity index (χ0v) is 9.19. The SMILES string of the molecule is [B]c1c([B])c(C(=O)CCl)c(N)c([B])c1Cl. The van der Waals surface area contributed by atoms with Crippen LogP contribution in [0.3, 0.4) is 0 Å². The molecular weight excluding hydrogens is 229 g/mol. The number of anilines is 1. The Morgan fingerprint density at radius 2 is 1.73 bits per heavy atom. The maximum Gasteiger partial charge on any atom is 0.179 e. The molecule has 1 rings (SSSR count). The van der Waals surface area contributed by atoms with Gasteiger partial charge < -0.3 is 5.73 Å². The second-order valence-electron chi connectivity index (χ2n) is 2.90. The van der Waals surface area contributed by atoms with Gasteiger partial charge in [-0.05, 0) is 0 Å². The van der Waals surface area contributed by atoms with Crippen molar-refractivity contribution in [3.8, 4) is 0 Å². The molecule has 2 nitrogen and oxygen atoms in total. The highest BCUT2D eigenvalue weighted by atomic mass is 35.5. The molecule has 0 saturated carbocycles. The molecule has 70 valence electrons. The van der Waals surface area contributed by atoms with Crippen molar-refractivity contribution < 1.29 is 4.79 Å². The Labute approximate surface area is 102 Å². The van der Waals surface area contributed by atoms with E-state index in [-0.39, 0.29) is 38.5 Å². The number of hydrogen-bond acceptors (Lipinski definition) is 2. The molecule has 0 saturated heterocycles. The van der Waals surface area contributed by atoms with E-state index in [1.807, 2.05) is 0 Å². The first-order valence-electron chi connectivity index (χ1n) is 3.92. The summed E-state index contributed by atoms with van der Waals surface area (Å²) in [5, 5.41) is 0.0520. The summed E-state index contributed by atoms with van der Waals surface area (Å²) in [6.45, 7) is 0. The van der Waals surface area contributed by atoms with Gasteiger partial charge >= 0.3 is 0 Å². The molecule has 0 atom stereocenters. The van der Waals surface area contributed by atoms with Crippen LogP contribution in [0.2, 0.25) is 5.02 Å². The minimum Gasteiger partial charge on any atom is -0.399 e. The molecule has 0 heterocycles. The van der Waals surface area contributed by atoms with Crippen LogP contribution in [0, 0.1) is 0 Å². The molecule has 7 heteroatoms. The minimum absolute atomic E-state index is 0.0114. The first-order valence-corrected chi connectivity index (χ1v) is 4.83. The molecule has 0 aromatic heterocycles. The van der Waals surface area contributed by atoms with Crippen molar-refractivity contribution >= 4 is 74.6 Å². The van der Waals surface area contributed by atoms with E-state index in [1.165, 1.54) is 0 Å². The first kappa shape index (κ1) is 12.5. The van der Waals surface area contributed by atoms with Gasteiger partial charge in [0, 0.05) is 16.3 Å². The topological polar surface area (TPSA) is 43.1 Å². The van der Waals surface area contributed by atoms with Crippen LogP contribution in [0.15, 0.2) is 0 Å². The van der Waals surface area contributed by atoms with E-state index >= 15 is 0 Å². The average Bonchev–Trinajstić information content (AvgIpc) is 2.23. The fourth-order valence-corrected chi connectivity index (χ4v) is 1.50. The Morgan fingerprint density at radius 1 is 1.20 bits per heavy atom. The molecule has 1 aromatic carbocycles. The zero-order chi connectivity index (χ0) is 11.7. The molecule has 0 fully saturated rings. The highest BCUT2D eigenvalue weighted by Crippen LogP contribution is 2.11. The van der Waals surface area contributed by atoms with Crippen molar-refractivity contribution in [2.24, 2.45) is 0 Å². The van der Waals surface area contributed by atoms with E-state index in [9.17, 15) is 4.79 Å². The number of rotatable bonds is 2. The van der Waals surface area contributed by atoms with Gasteiger partial charge in [0.05, 0.1) is 5.88 Å². The van der Waals surface area contributed by atoms with Crippen LogP contribution in [0.5, 0.6) is 0 Å². The van der Waals surface area contributed by atoms with Crippen molar-refractivity contribution in [1.82, 2.24) is 0 Å². The number of nitrogen functional groups attached to an aromatic ring is 1. The van der Waals surface area contributed by atoms with E-state index in [2.05, 4.69) is 0 Å². The Bertz CT molecular complexity index is 407. The Hall–Kier alpha value is -0.535. The van der Waals surface area contributed by atoms with E-state index in [1.54, 1.807) is 0 Å². The van der Waals surface area contributed by atoms with E-state index < -0.39 is 5.78 Å².